The molecule has 0 atom stereocenters. The number of carbonyl (C=O) groups is 1. The number of hydrogen-bond acceptors (Lipinski definition) is 6. The fraction of sp³-hybridized carbons (Fsp3) is 0.400. The molecule has 6 nitrogen and oxygen atoms in total. The molecular weight excluding hydrogens is 426 g/mol. The standard InChI is InChI=1S/C25H33NO5S/c1-26(18-5-3-4-6-19-27)23-13-9-21(10-14-23)7-8-22-11-15-24(16-12-22)32(29,30)20-17-25(28)31-2/h7-16,27H,3-6,17-20H2,1-2H3. The Balaban J connectivity index is 1.90. The Hall–Kier alpha value is -2.64. The van der Waals surface area contributed by atoms with Gasteiger partial charge in [0.15, 0.2) is 9.84 Å². The topological polar surface area (TPSA) is 83.9 Å². The quantitative estimate of drug-likeness (QED) is 0.275. The van der Waals surface area contributed by atoms with Gasteiger partial charge in [-0.05, 0) is 48.2 Å². The molecule has 0 aromatic heterocycles. The molecule has 174 valence electrons. The van der Waals surface area contributed by atoms with E-state index in [1.54, 1.807) is 24.3 Å². The van der Waals surface area contributed by atoms with E-state index >= 15 is 0 Å². The molecule has 2 aromatic rings. The van der Waals surface area contributed by atoms with Gasteiger partial charge in [-0.1, -0.05) is 49.3 Å². The second kappa shape index (κ2) is 13.0. The van der Waals surface area contributed by atoms with Crippen LogP contribution in [0.25, 0.3) is 12.2 Å². The molecule has 0 saturated heterocycles. The second-order valence-electron chi connectivity index (χ2n) is 7.70. The van der Waals surface area contributed by atoms with Crippen LogP contribution in [-0.2, 0) is 19.4 Å². The average molecular weight is 460 g/mol. The van der Waals surface area contributed by atoms with Crippen LogP contribution in [0.4, 0.5) is 5.69 Å². The summed E-state index contributed by atoms with van der Waals surface area (Å²) in [5.41, 5.74) is 3.10. The second-order valence-corrected chi connectivity index (χ2v) is 9.81. The van der Waals surface area contributed by atoms with Gasteiger partial charge in [0.1, 0.15) is 0 Å². The van der Waals surface area contributed by atoms with Crippen molar-refractivity contribution in [2.45, 2.75) is 37.0 Å². The zero-order valence-corrected chi connectivity index (χ0v) is 19.7. The fourth-order valence-electron chi connectivity index (χ4n) is 3.20. The normalized spacial score (nSPS) is 11.6. The molecule has 0 amide bonds. The smallest absolute Gasteiger partial charge is 0.306 e. The van der Waals surface area contributed by atoms with Crippen molar-refractivity contribution in [1.29, 1.82) is 0 Å². The van der Waals surface area contributed by atoms with Crippen LogP contribution in [0.15, 0.2) is 53.4 Å². The monoisotopic (exact) mass is 459 g/mol. The van der Waals surface area contributed by atoms with Crippen LogP contribution >= 0.6 is 0 Å². The van der Waals surface area contributed by atoms with Gasteiger partial charge >= 0.3 is 5.97 Å². The Morgan fingerprint density at radius 2 is 1.50 bits per heavy atom. The van der Waals surface area contributed by atoms with Crippen LogP contribution in [0.5, 0.6) is 0 Å². The summed E-state index contributed by atoms with van der Waals surface area (Å²) in [4.78, 5) is 13.6. The van der Waals surface area contributed by atoms with Crippen molar-refractivity contribution in [3.8, 4) is 0 Å². The van der Waals surface area contributed by atoms with Gasteiger partial charge < -0.3 is 14.7 Å². The van der Waals surface area contributed by atoms with Crippen molar-refractivity contribution in [1.82, 2.24) is 0 Å². The van der Waals surface area contributed by atoms with Gasteiger partial charge in [0.2, 0.25) is 0 Å². The molecule has 2 aromatic carbocycles. The highest BCUT2D eigenvalue weighted by Crippen LogP contribution is 2.18. The number of nitrogens with zero attached hydrogens (tertiary/aromatic N) is 1. The lowest BCUT2D eigenvalue weighted by molar-refractivity contribution is -0.140. The van der Waals surface area contributed by atoms with E-state index in [9.17, 15) is 13.2 Å². The summed E-state index contributed by atoms with van der Waals surface area (Å²) in [6.07, 6.45) is 7.93. The van der Waals surface area contributed by atoms with Crippen LogP contribution in [0, 0.1) is 0 Å². The number of hydrogen-bond donors (Lipinski definition) is 1. The van der Waals surface area contributed by atoms with Gasteiger partial charge in [0.05, 0.1) is 24.2 Å². The van der Waals surface area contributed by atoms with Crippen LogP contribution in [-0.4, -0.2) is 52.6 Å². The number of rotatable bonds is 13. The molecule has 2 rings (SSSR count). The van der Waals surface area contributed by atoms with Crippen molar-refractivity contribution in [3.63, 3.8) is 0 Å². The Bertz CT molecular complexity index is 966. The lowest BCUT2D eigenvalue weighted by Gasteiger charge is -2.19. The summed E-state index contributed by atoms with van der Waals surface area (Å²) in [6, 6.07) is 14.9. The third-order valence-corrected chi connectivity index (χ3v) is 6.98. The van der Waals surface area contributed by atoms with Crippen molar-refractivity contribution in [2.75, 3.05) is 38.0 Å². The first-order valence-corrected chi connectivity index (χ1v) is 12.5. The largest absolute Gasteiger partial charge is 0.469 e. The number of anilines is 1. The lowest BCUT2D eigenvalue weighted by Crippen LogP contribution is -2.18. The number of aliphatic hydroxyl groups excluding tert-OH is 1. The zero-order chi connectivity index (χ0) is 23.4. The highest BCUT2D eigenvalue weighted by Gasteiger charge is 2.16. The van der Waals surface area contributed by atoms with Crippen molar-refractivity contribution in [2.24, 2.45) is 0 Å². The van der Waals surface area contributed by atoms with E-state index in [0.717, 1.165) is 49.0 Å². The zero-order valence-electron chi connectivity index (χ0n) is 18.9. The van der Waals surface area contributed by atoms with E-state index in [2.05, 4.69) is 40.9 Å². The third-order valence-electron chi connectivity index (χ3n) is 5.25. The number of benzene rings is 2. The highest BCUT2D eigenvalue weighted by molar-refractivity contribution is 7.91. The Labute approximate surface area is 191 Å². The number of unbranched alkanes of at least 4 members (excludes halogenated alkanes) is 3. The van der Waals surface area contributed by atoms with E-state index < -0.39 is 15.8 Å². The first-order chi connectivity index (χ1) is 15.4. The van der Waals surface area contributed by atoms with Crippen LogP contribution in [0.3, 0.4) is 0 Å². The van der Waals surface area contributed by atoms with E-state index in [1.807, 2.05) is 12.2 Å². The summed E-state index contributed by atoms with van der Waals surface area (Å²) in [5, 5.41) is 8.83. The van der Waals surface area contributed by atoms with E-state index in [0.29, 0.717) is 0 Å². The Morgan fingerprint density at radius 1 is 0.938 bits per heavy atom. The van der Waals surface area contributed by atoms with Gasteiger partial charge in [0, 0.05) is 25.9 Å². The predicted octanol–water partition coefficient (Wildman–Crippen LogP) is 4.18. The van der Waals surface area contributed by atoms with Crippen LogP contribution in [0.2, 0.25) is 0 Å². The number of ether oxygens (including phenoxy) is 1. The molecule has 0 bridgehead atoms. The molecule has 0 aliphatic rings. The first-order valence-electron chi connectivity index (χ1n) is 10.9. The average Bonchev–Trinajstić information content (AvgIpc) is 2.81. The minimum Gasteiger partial charge on any atom is -0.469 e. The maximum Gasteiger partial charge on any atom is 0.306 e. The molecule has 0 fully saturated rings. The maximum absolute atomic E-state index is 12.3. The number of aliphatic hydroxyl groups is 1. The summed E-state index contributed by atoms with van der Waals surface area (Å²) in [7, 11) is -0.193. The summed E-state index contributed by atoms with van der Waals surface area (Å²) < 4.78 is 29.1. The van der Waals surface area contributed by atoms with E-state index in [1.165, 1.54) is 7.11 Å². The van der Waals surface area contributed by atoms with Crippen molar-refractivity contribution < 1.29 is 23.1 Å². The minimum atomic E-state index is -3.51. The molecular formula is C25H33NO5S. The number of esters is 1. The SMILES string of the molecule is COC(=O)CCS(=O)(=O)c1ccc(C=Cc2ccc(N(C)CCCCCCO)cc2)cc1. The summed E-state index contributed by atoms with van der Waals surface area (Å²) >= 11 is 0. The molecule has 0 saturated carbocycles. The molecule has 0 aliphatic carbocycles. The van der Waals surface area contributed by atoms with Crippen molar-refractivity contribution >= 4 is 33.6 Å². The minimum absolute atomic E-state index is 0.157. The van der Waals surface area contributed by atoms with Gasteiger partial charge in [0.25, 0.3) is 0 Å². The Kier molecular flexibility index (Phi) is 10.4. The molecule has 1 N–H and O–H groups in total. The molecule has 0 unspecified atom stereocenters. The summed E-state index contributed by atoms with van der Waals surface area (Å²) in [6.45, 7) is 1.25. The highest BCUT2D eigenvalue weighted by atomic mass is 32.2. The van der Waals surface area contributed by atoms with Crippen LogP contribution < -0.4 is 4.90 Å². The molecule has 0 radical (unpaired) electrons. The van der Waals surface area contributed by atoms with Gasteiger partial charge in [-0.15, -0.1) is 0 Å². The third kappa shape index (κ3) is 8.48. The Morgan fingerprint density at radius 3 is 2.06 bits per heavy atom. The van der Waals surface area contributed by atoms with Gasteiger partial charge in [-0.2, -0.15) is 0 Å². The number of methoxy groups -OCH3 is 1. The van der Waals surface area contributed by atoms with Crippen LogP contribution in [0.1, 0.15) is 43.2 Å². The fourth-order valence-corrected chi connectivity index (χ4v) is 4.42. The van der Waals surface area contributed by atoms with E-state index in [-0.39, 0.29) is 23.7 Å². The molecule has 0 heterocycles. The number of carbonyl (C=O) groups excluding carboxylic acids is 1. The molecule has 0 spiro atoms. The predicted molar refractivity (Wildman–Crippen MR) is 129 cm³/mol. The van der Waals surface area contributed by atoms with E-state index in [4.69, 9.17) is 5.11 Å². The van der Waals surface area contributed by atoms with Crippen molar-refractivity contribution in [3.05, 3.63) is 59.7 Å². The first kappa shape index (κ1) is 25.6. The molecule has 0 aliphatic heterocycles. The molecule has 7 heteroatoms. The lowest BCUT2D eigenvalue weighted by atomic mass is 10.1. The molecule has 32 heavy (non-hydrogen) atoms. The number of sulfone groups is 1. The summed E-state index contributed by atoms with van der Waals surface area (Å²) in [5.74, 6) is -0.804. The maximum atomic E-state index is 12.3. The van der Waals surface area contributed by atoms with Gasteiger partial charge in [-0.25, -0.2) is 8.42 Å². The van der Waals surface area contributed by atoms with Gasteiger partial charge in [-0.3, -0.25) is 4.79 Å².